The van der Waals surface area contributed by atoms with E-state index in [0.717, 1.165) is 25.7 Å². The average molecular weight is 465 g/mol. The predicted octanol–water partition coefficient (Wildman–Crippen LogP) is 4.61. The lowest BCUT2D eigenvalue weighted by atomic mass is 10.2. The van der Waals surface area contributed by atoms with Crippen molar-refractivity contribution >= 4 is 11.6 Å². The Balaban J connectivity index is 1.27. The Morgan fingerprint density at radius 3 is 2.48 bits per heavy atom. The Hall–Kier alpha value is -2.62. The molecule has 1 saturated heterocycles. The van der Waals surface area contributed by atoms with Gasteiger partial charge >= 0.3 is 6.18 Å². The highest BCUT2D eigenvalue weighted by Gasteiger charge is 2.49. The van der Waals surface area contributed by atoms with Crippen LogP contribution in [0.1, 0.15) is 41.9 Å². The zero-order valence-corrected chi connectivity index (χ0v) is 17.7. The number of alkyl halides is 3. The molecule has 4 atom stereocenters. The van der Waals surface area contributed by atoms with Gasteiger partial charge in [0.25, 0.3) is 5.91 Å². The maximum Gasteiger partial charge on any atom is 0.396 e. The fourth-order valence-electron chi connectivity index (χ4n) is 5.45. The molecule has 1 aromatic carbocycles. The number of halogens is 4. The lowest BCUT2D eigenvalue weighted by Gasteiger charge is -2.32. The van der Waals surface area contributed by atoms with Crippen LogP contribution >= 0.6 is 0 Å². The summed E-state index contributed by atoms with van der Waals surface area (Å²) in [5.74, 6) is 0.463. The number of fused-ring (bicyclic) bond motifs is 2. The Bertz CT molecular complexity index is 1070. The van der Waals surface area contributed by atoms with Gasteiger partial charge in [0, 0.05) is 19.2 Å². The van der Waals surface area contributed by atoms with Crippen molar-refractivity contribution in [3.8, 4) is 5.75 Å². The predicted molar refractivity (Wildman–Crippen MR) is 108 cm³/mol. The fourth-order valence-corrected chi connectivity index (χ4v) is 5.45. The molecular formula is C23H23F4N3O3. The summed E-state index contributed by atoms with van der Waals surface area (Å²) in [4.78, 5) is 17.1. The van der Waals surface area contributed by atoms with Crippen LogP contribution in [0.3, 0.4) is 0 Å². The molecule has 3 saturated carbocycles. The lowest BCUT2D eigenvalue weighted by Crippen LogP contribution is -2.47. The summed E-state index contributed by atoms with van der Waals surface area (Å²) in [6.07, 6.45) is -0.975. The van der Waals surface area contributed by atoms with Gasteiger partial charge in [-0.15, -0.1) is 0 Å². The van der Waals surface area contributed by atoms with E-state index in [-0.39, 0.29) is 17.5 Å². The number of anilines is 1. The van der Waals surface area contributed by atoms with Gasteiger partial charge in [-0.05, 0) is 61.5 Å². The van der Waals surface area contributed by atoms with Crippen molar-refractivity contribution in [3.05, 3.63) is 41.9 Å². The summed E-state index contributed by atoms with van der Waals surface area (Å²) in [5.41, 5.74) is -0.194. The maximum atomic E-state index is 15.0. The second-order valence-electron chi connectivity index (χ2n) is 9.74. The second-order valence-corrected chi connectivity index (χ2v) is 9.74. The molecule has 6 rings (SSSR count). The molecule has 2 aromatic rings. The zero-order valence-electron chi connectivity index (χ0n) is 17.7. The van der Waals surface area contributed by atoms with Gasteiger partial charge in [0.1, 0.15) is 12.2 Å². The molecule has 0 N–H and O–H groups in total. The number of hydrogen-bond donors (Lipinski definition) is 0. The van der Waals surface area contributed by atoms with E-state index < -0.39 is 35.8 Å². The molecule has 10 heteroatoms. The molecule has 6 nitrogen and oxygen atoms in total. The normalized spacial score (nSPS) is 30.1. The maximum absolute atomic E-state index is 15.0. The quantitative estimate of drug-likeness (QED) is 0.584. The molecular weight excluding hydrogens is 442 g/mol. The first-order valence-corrected chi connectivity index (χ1v) is 11.3. The minimum absolute atomic E-state index is 0.00223. The third-order valence-electron chi connectivity index (χ3n) is 7.29. The molecule has 1 amide bonds. The van der Waals surface area contributed by atoms with Crippen molar-refractivity contribution < 1.29 is 31.5 Å². The molecule has 2 heterocycles. The standard InChI is InChI=1S/C23H23F4N3O3/c24-18-7-16(1-2-19(18)33-17-5-12-3-13(12)6-17)30(29-9-14-4-15(14)10-29)22(31)21-20(32-11-28-21)8-23(25,26)27/h1-2,7,11-15,17H,3-6,8-10H2. The van der Waals surface area contributed by atoms with E-state index in [1.807, 2.05) is 0 Å². The van der Waals surface area contributed by atoms with Crippen LogP contribution in [0, 0.1) is 29.5 Å². The van der Waals surface area contributed by atoms with E-state index in [9.17, 15) is 22.4 Å². The van der Waals surface area contributed by atoms with Gasteiger partial charge in [0.2, 0.25) is 0 Å². The number of nitrogens with zero attached hydrogens (tertiary/aromatic N) is 3. The molecule has 0 radical (unpaired) electrons. The summed E-state index contributed by atoms with van der Waals surface area (Å²) in [5, 5.41) is 2.99. The van der Waals surface area contributed by atoms with Gasteiger partial charge in [-0.25, -0.2) is 19.4 Å². The molecule has 0 bridgehead atoms. The molecule has 1 aromatic heterocycles. The third-order valence-corrected chi connectivity index (χ3v) is 7.29. The van der Waals surface area contributed by atoms with Crippen molar-refractivity contribution in [2.45, 2.75) is 44.4 Å². The number of aromatic nitrogens is 1. The van der Waals surface area contributed by atoms with Gasteiger partial charge in [-0.2, -0.15) is 13.2 Å². The van der Waals surface area contributed by atoms with Crippen LogP contribution in [-0.4, -0.2) is 41.3 Å². The molecule has 3 aliphatic carbocycles. The highest BCUT2D eigenvalue weighted by Crippen LogP contribution is 2.52. The number of hydrogen-bond acceptors (Lipinski definition) is 5. The second kappa shape index (κ2) is 7.44. The van der Waals surface area contributed by atoms with Gasteiger partial charge in [-0.3, -0.25) is 4.79 Å². The number of piperidine rings is 1. The molecule has 4 unspecified atom stereocenters. The van der Waals surface area contributed by atoms with Crippen LogP contribution in [-0.2, 0) is 6.42 Å². The summed E-state index contributed by atoms with van der Waals surface area (Å²) in [6, 6.07) is 4.26. The first-order valence-electron chi connectivity index (χ1n) is 11.3. The van der Waals surface area contributed by atoms with Crippen LogP contribution in [0.5, 0.6) is 5.75 Å². The van der Waals surface area contributed by atoms with E-state index in [4.69, 9.17) is 9.15 Å². The Kier molecular flexibility index (Phi) is 4.73. The largest absolute Gasteiger partial charge is 0.487 e. The Labute approximate surface area is 187 Å². The van der Waals surface area contributed by atoms with Crippen molar-refractivity contribution in [1.82, 2.24) is 9.99 Å². The number of hydrazine groups is 1. The monoisotopic (exact) mass is 465 g/mol. The summed E-state index contributed by atoms with van der Waals surface area (Å²) in [7, 11) is 0. The topological polar surface area (TPSA) is 58.8 Å². The van der Waals surface area contributed by atoms with Gasteiger partial charge < -0.3 is 9.15 Å². The fraction of sp³-hybridized carbons (Fsp3) is 0.565. The van der Waals surface area contributed by atoms with Gasteiger partial charge in [0.15, 0.2) is 23.7 Å². The van der Waals surface area contributed by atoms with Crippen molar-refractivity contribution in [2.75, 3.05) is 18.1 Å². The van der Waals surface area contributed by atoms with E-state index in [2.05, 4.69) is 4.98 Å². The SMILES string of the molecule is O=C(c1ncoc1CC(F)(F)F)N(c1ccc(OC2CC3CC3C2)c(F)c1)N1CC2CC2C1. The number of carbonyl (C=O) groups is 1. The Morgan fingerprint density at radius 1 is 1.12 bits per heavy atom. The van der Waals surface area contributed by atoms with E-state index in [1.54, 1.807) is 11.1 Å². The number of benzene rings is 1. The van der Waals surface area contributed by atoms with Crippen LogP contribution in [0.15, 0.2) is 29.0 Å². The number of amides is 1. The minimum Gasteiger partial charge on any atom is -0.487 e. The highest BCUT2D eigenvalue weighted by molar-refractivity contribution is 6.04. The van der Waals surface area contributed by atoms with Gasteiger partial charge in [-0.1, -0.05) is 0 Å². The average Bonchev–Trinajstić information content (AvgIpc) is 3.45. The number of rotatable bonds is 6. The molecule has 4 aliphatic rings. The van der Waals surface area contributed by atoms with Crippen LogP contribution in [0.2, 0.25) is 0 Å². The van der Waals surface area contributed by atoms with Crippen molar-refractivity contribution in [3.63, 3.8) is 0 Å². The zero-order chi connectivity index (χ0) is 22.9. The summed E-state index contributed by atoms with van der Waals surface area (Å²) < 4.78 is 64.6. The van der Waals surface area contributed by atoms with Crippen molar-refractivity contribution in [2.24, 2.45) is 23.7 Å². The third kappa shape index (κ3) is 4.09. The molecule has 176 valence electrons. The molecule has 4 fully saturated rings. The number of oxazole rings is 1. The first-order chi connectivity index (χ1) is 15.7. The lowest BCUT2D eigenvalue weighted by molar-refractivity contribution is -0.130. The number of carbonyl (C=O) groups excluding carboxylic acids is 1. The van der Waals surface area contributed by atoms with E-state index >= 15 is 0 Å². The molecule has 1 aliphatic heterocycles. The minimum atomic E-state index is -4.55. The van der Waals surface area contributed by atoms with Crippen molar-refractivity contribution in [1.29, 1.82) is 0 Å². The van der Waals surface area contributed by atoms with Gasteiger partial charge in [0.05, 0.1) is 11.8 Å². The van der Waals surface area contributed by atoms with Crippen LogP contribution in [0.25, 0.3) is 0 Å². The Morgan fingerprint density at radius 2 is 1.82 bits per heavy atom. The smallest absolute Gasteiger partial charge is 0.396 e. The molecule has 0 spiro atoms. The number of ether oxygens (including phenoxy) is 1. The molecule has 33 heavy (non-hydrogen) atoms. The summed E-state index contributed by atoms with van der Waals surface area (Å²) in [6.45, 7) is 1.15. The van der Waals surface area contributed by atoms with E-state index in [1.165, 1.54) is 23.6 Å². The van der Waals surface area contributed by atoms with Crippen LogP contribution in [0.4, 0.5) is 23.2 Å². The van der Waals surface area contributed by atoms with E-state index in [0.29, 0.717) is 36.8 Å². The first kappa shape index (κ1) is 20.9. The summed E-state index contributed by atoms with van der Waals surface area (Å²) >= 11 is 0. The van der Waals surface area contributed by atoms with Crippen LogP contribution < -0.4 is 9.75 Å². The highest BCUT2D eigenvalue weighted by atomic mass is 19.4.